The van der Waals surface area contributed by atoms with Crippen LogP contribution in [-0.4, -0.2) is 22.4 Å². The fourth-order valence-electron chi connectivity index (χ4n) is 6.85. The van der Waals surface area contributed by atoms with Crippen LogP contribution in [0.2, 0.25) is 0 Å². The molecule has 0 bridgehead atoms. The molecule has 2 aliphatic carbocycles. The largest absolute Gasteiger partial charge is 0.393 e. The molecule has 2 rings (SSSR count). The van der Waals surface area contributed by atoms with Crippen molar-refractivity contribution in [1.29, 1.82) is 0 Å². The van der Waals surface area contributed by atoms with E-state index < -0.39 is 0 Å². The molecule has 0 aromatic carbocycles. The first kappa shape index (κ1) is 35.8. The molecule has 0 radical (unpaired) electrons. The molecular formula is C40H60O2. The Hall–Kier alpha value is -2.42. The van der Waals surface area contributed by atoms with Gasteiger partial charge in [0.25, 0.3) is 0 Å². The Morgan fingerprint density at radius 1 is 0.619 bits per heavy atom. The zero-order chi connectivity index (χ0) is 31.5. The van der Waals surface area contributed by atoms with Crippen molar-refractivity contribution in [3.8, 4) is 0 Å². The Morgan fingerprint density at radius 2 is 0.976 bits per heavy atom. The topological polar surface area (TPSA) is 40.5 Å². The van der Waals surface area contributed by atoms with Crippen LogP contribution < -0.4 is 0 Å². The van der Waals surface area contributed by atoms with Crippen molar-refractivity contribution in [1.82, 2.24) is 0 Å². The van der Waals surface area contributed by atoms with E-state index >= 15 is 0 Å². The molecule has 0 fully saturated rings. The van der Waals surface area contributed by atoms with Gasteiger partial charge in [-0.1, -0.05) is 133 Å². The summed E-state index contributed by atoms with van der Waals surface area (Å²) in [5, 5.41) is 20.3. The second kappa shape index (κ2) is 16.4. The van der Waals surface area contributed by atoms with E-state index in [2.05, 4.69) is 130 Å². The Bertz CT molecular complexity index is 1110. The molecule has 0 aliphatic heterocycles. The van der Waals surface area contributed by atoms with Crippen LogP contribution >= 0.6 is 0 Å². The number of allylic oxidation sites excluding steroid dienone is 16. The molecule has 42 heavy (non-hydrogen) atoms. The normalized spacial score (nSPS) is 24.7. The third kappa shape index (κ3) is 12.1. The minimum atomic E-state index is -0.191. The number of aliphatic hydroxyl groups excluding tert-OH is 2. The summed E-state index contributed by atoms with van der Waals surface area (Å²) in [5.41, 5.74) is 11.2. The Morgan fingerprint density at radius 3 is 1.31 bits per heavy atom. The zero-order valence-electron chi connectivity index (χ0n) is 28.5. The highest BCUT2D eigenvalue weighted by Crippen LogP contribution is 2.44. The van der Waals surface area contributed by atoms with Gasteiger partial charge in [-0.25, -0.2) is 0 Å². The van der Waals surface area contributed by atoms with Crippen molar-refractivity contribution < 1.29 is 10.2 Å². The summed E-state index contributed by atoms with van der Waals surface area (Å²) in [5.74, 6) is 0. The molecule has 232 valence electrons. The van der Waals surface area contributed by atoms with Crippen LogP contribution in [0, 0.1) is 10.8 Å². The van der Waals surface area contributed by atoms with Crippen molar-refractivity contribution >= 4 is 0 Å². The molecule has 0 saturated heterocycles. The monoisotopic (exact) mass is 572 g/mol. The van der Waals surface area contributed by atoms with Crippen LogP contribution in [-0.2, 0) is 0 Å². The van der Waals surface area contributed by atoms with Gasteiger partial charge in [-0.15, -0.1) is 0 Å². The lowest BCUT2D eigenvalue weighted by atomic mass is 9.70. The summed E-state index contributed by atoms with van der Waals surface area (Å²) in [4.78, 5) is 0. The Balaban J connectivity index is 1.82. The predicted molar refractivity (Wildman–Crippen MR) is 184 cm³/mol. The Labute approximate surface area is 258 Å². The molecule has 2 N–H and O–H groups in total. The van der Waals surface area contributed by atoms with Gasteiger partial charge in [-0.3, -0.25) is 0 Å². The minimum Gasteiger partial charge on any atom is -0.393 e. The molecule has 2 aliphatic rings. The van der Waals surface area contributed by atoms with Crippen molar-refractivity contribution in [3.63, 3.8) is 0 Å². The van der Waals surface area contributed by atoms with E-state index in [1.807, 2.05) is 0 Å². The number of rotatable bonds is 12. The SMILES string of the molecule is CC(C=CC=C(C)CCC1=C(C)CC(O)CC1(C)C)=CC=CC=C(C)C=CC=C(C)CCC1=C(C)CC(O)CC1(C)C. The summed E-state index contributed by atoms with van der Waals surface area (Å²) in [7, 11) is 0. The first-order valence-corrected chi connectivity index (χ1v) is 16.0. The van der Waals surface area contributed by atoms with Gasteiger partial charge in [0.2, 0.25) is 0 Å². The van der Waals surface area contributed by atoms with Gasteiger partial charge in [0, 0.05) is 0 Å². The van der Waals surface area contributed by atoms with E-state index in [4.69, 9.17) is 0 Å². The molecule has 0 heterocycles. The predicted octanol–water partition coefficient (Wildman–Crippen LogP) is 11.0. The molecular weight excluding hydrogens is 512 g/mol. The van der Waals surface area contributed by atoms with Gasteiger partial charge < -0.3 is 10.2 Å². The zero-order valence-corrected chi connectivity index (χ0v) is 28.5. The van der Waals surface area contributed by atoms with Crippen LogP contribution in [0.3, 0.4) is 0 Å². The van der Waals surface area contributed by atoms with E-state index in [0.29, 0.717) is 0 Å². The molecule has 0 aromatic rings. The van der Waals surface area contributed by atoms with Crippen LogP contribution in [0.25, 0.3) is 0 Å². The summed E-state index contributed by atoms with van der Waals surface area (Å²) < 4.78 is 0. The lowest BCUT2D eigenvalue weighted by Crippen LogP contribution is -2.29. The molecule has 2 unspecified atom stereocenters. The summed E-state index contributed by atoms with van der Waals surface area (Å²) in [6.45, 7) is 22.2. The standard InChI is InChI=1S/C40H60O2/c1-29(17-13-19-31(3)21-23-37-33(5)25-35(41)27-39(37,7)8)15-11-12-16-30(2)18-14-20-32(4)22-24-38-34(6)26-36(42)28-40(38,9)10/h11-20,35-36,41-42H,21-28H2,1-10H3. The summed E-state index contributed by atoms with van der Waals surface area (Å²) in [6, 6.07) is 0. The van der Waals surface area contributed by atoms with E-state index in [-0.39, 0.29) is 23.0 Å². The van der Waals surface area contributed by atoms with Crippen molar-refractivity contribution in [2.24, 2.45) is 10.8 Å². The van der Waals surface area contributed by atoms with Gasteiger partial charge in [-0.05, 0) is 104 Å². The highest BCUT2D eigenvalue weighted by Gasteiger charge is 2.33. The second-order valence-electron chi connectivity index (χ2n) is 14.4. The third-order valence-corrected chi connectivity index (χ3v) is 9.09. The molecule has 2 heteroatoms. The lowest BCUT2D eigenvalue weighted by molar-refractivity contribution is 0.112. The average Bonchev–Trinajstić information content (AvgIpc) is 2.84. The Kier molecular flexibility index (Phi) is 14.0. The van der Waals surface area contributed by atoms with Crippen molar-refractivity contribution in [3.05, 3.63) is 105 Å². The fourth-order valence-corrected chi connectivity index (χ4v) is 6.85. The summed E-state index contributed by atoms with van der Waals surface area (Å²) >= 11 is 0. The van der Waals surface area contributed by atoms with Crippen molar-refractivity contribution in [2.45, 2.75) is 133 Å². The lowest BCUT2D eigenvalue weighted by Gasteiger charge is -2.37. The van der Waals surface area contributed by atoms with Gasteiger partial charge in [0.05, 0.1) is 12.2 Å². The highest BCUT2D eigenvalue weighted by molar-refractivity contribution is 5.31. The van der Waals surface area contributed by atoms with Gasteiger partial charge in [0.1, 0.15) is 0 Å². The molecule has 0 saturated carbocycles. The molecule has 0 amide bonds. The maximum atomic E-state index is 10.1. The summed E-state index contributed by atoms with van der Waals surface area (Å²) in [6.07, 6.45) is 28.9. The maximum Gasteiger partial charge on any atom is 0.0585 e. The first-order valence-electron chi connectivity index (χ1n) is 16.0. The first-order chi connectivity index (χ1) is 19.6. The van der Waals surface area contributed by atoms with E-state index in [1.165, 1.54) is 44.6 Å². The second-order valence-corrected chi connectivity index (χ2v) is 14.4. The maximum absolute atomic E-state index is 10.1. The van der Waals surface area contributed by atoms with E-state index in [1.54, 1.807) is 0 Å². The fraction of sp³-hybridized carbons (Fsp3) is 0.550. The van der Waals surface area contributed by atoms with Gasteiger partial charge >= 0.3 is 0 Å². The van der Waals surface area contributed by atoms with E-state index in [9.17, 15) is 10.2 Å². The van der Waals surface area contributed by atoms with Crippen LogP contribution in [0.1, 0.15) is 121 Å². The average molecular weight is 573 g/mol. The van der Waals surface area contributed by atoms with Crippen LogP contribution in [0.15, 0.2) is 105 Å². The van der Waals surface area contributed by atoms with Gasteiger partial charge in [0.15, 0.2) is 0 Å². The third-order valence-electron chi connectivity index (χ3n) is 9.09. The number of aliphatic hydroxyl groups is 2. The van der Waals surface area contributed by atoms with Crippen LogP contribution in [0.5, 0.6) is 0 Å². The smallest absolute Gasteiger partial charge is 0.0585 e. The van der Waals surface area contributed by atoms with E-state index in [0.717, 1.165) is 51.4 Å². The molecule has 0 aromatic heterocycles. The molecule has 0 spiro atoms. The van der Waals surface area contributed by atoms with Crippen LogP contribution in [0.4, 0.5) is 0 Å². The number of hydrogen-bond donors (Lipinski definition) is 2. The number of hydrogen-bond acceptors (Lipinski definition) is 2. The van der Waals surface area contributed by atoms with Crippen molar-refractivity contribution in [2.75, 3.05) is 0 Å². The molecule has 2 nitrogen and oxygen atoms in total. The highest BCUT2D eigenvalue weighted by atomic mass is 16.3. The minimum absolute atomic E-state index is 0.0949. The quantitative estimate of drug-likeness (QED) is 0.180. The van der Waals surface area contributed by atoms with Gasteiger partial charge in [-0.2, -0.15) is 0 Å². The molecule has 2 atom stereocenters.